The van der Waals surface area contributed by atoms with Crippen LogP contribution in [0.4, 0.5) is 5.69 Å². The van der Waals surface area contributed by atoms with Gasteiger partial charge in [0.25, 0.3) is 0 Å². The van der Waals surface area contributed by atoms with Gasteiger partial charge in [-0.15, -0.1) is 17.0 Å². The lowest BCUT2D eigenvalue weighted by molar-refractivity contribution is -0.149. The number of ether oxygens (including phenoxy) is 2. The minimum absolute atomic E-state index is 0. The molecule has 3 aromatic rings. The van der Waals surface area contributed by atoms with Crippen molar-refractivity contribution < 1.29 is 19.1 Å². The monoisotopic (exact) mass is 700 g/mol. The van der Waals surface area contributed by atoms with Gasteiger partial charge in [0.2, 0.25) is 9.70 Å². The summed E-state index contributed by atoms with van der Waals surface area (Å²) in [4.78, 5) is 34.2. The Morgan fingerprint density at radius 2 is 1.83 bits per heavy atom. The van der Waals surface area contributed by atoms with Crippen LogP contribution in [0.2, 0.25) is 0 Å². The lowest BCUT2D eigenvalue weighted by Crippen LogP contribution is -2.42. The molecule has 218 valence electrons. The quantitative estimate of drug-likeness (QED) is 0.0668. The Morgan fingerprint density at radius 3 is 2.56 bits per heavy atom. The number of amidine groups is 1. The Labute approximate surface area is 268 Å². The number of anilines is 1. The summed E-state index contributed by atoms with van der Waals surface area (Å²) in [5.74, 6) is -1.07. The number of hydrogen-bond donors (Lipinski definition) is 2. The molecule has 1 aromatic heterocycles. The molecule has 0 bridgehead atoms. The molecular weight excluding hydrogens is 675 g/mol. The van der Waals surface area contributed by atoms with Gasteiger partial charge in [-0.25, -0.2) is 4.99 Å². The highest BCUT2D eigenvalue weighted by Gasteiger charge is 2.34. The number of rotatable bonds is 8. The third-order valence-electron chi connectivity index (χ3n) is 5.89. The van der Waals surface area contributed by atoms with Gasteiger partial charge in [-0.1, -0.05) is 83.3 Å². The van der Waals surface area contributed by atoms with Crippen molar-refractivity contribution in [3.63, 3.8) is 0 Å². The van der Waals surface area contributed by atoms with E-state index in [2.05, 4.69) is 20.6 Å². The molecule has 2 N–H and O–H groups in total. The van der Waals surface area contributed by atoms with Gasteiger partial charge in [0.05, 0.1) is 17.1 Å². The molecule has 2 heterocycles. The van der Waals surface area contributed by atoms with Crippen LogP contribution < -0.4 is 10.6 Å². The zero-order valence-corrected chi connectivity index (χ0v) is 26.5. The number of alkyl halides is 3. The number of carbonyl (C=O) groups is 2. The molecule has 1 atom stereocenters. The first-order chi connectivity index (χ1) is 19.3. The SMILES string of the molecule is Br.O=C(/C=C/c1ccccc1)NC(N=C(Nc1cccc2cccnc12)SCOC(=O)C1CCOCC1)C(Cl)(Cl)Cl. The minimum atomic E-state index is -1.99. The number of fused-ring (bicyclic) bond motifs is 1. The number of esters is 1. The maximum absolute atomic E-state index is 12.7. The molecule has 1 aliphatic heterocycles. The predicted molar refractivity (Wildman–Crippen MR) is 173 cm³/mol. The van der Waals surface area contributed by atoms with Crippen LogP contribution in [0.25, 0.3) is 17.0 Å². The Hall–Kier alpha value is -2.34. The second kappa shape index (κ2) is 16.3. The number of para-hydroxylation sites is 1. The molecule has 0 radical (unpaired) electrons. The van der Waals surface area contributed by atoms with E-state index in [9.17, 15) is 9.59 Å². The highest BCUT2D eigenvalue weighted by molar-refractivity contribution is 8.93. The molecule has 1 saturated heterocycles. The number of benzene rings is 2. The Kier molecular flexibility index (Phi) is 13.2. The smallest absolute Gasteiger partial charge is 0.309 e. The summed E-state index contributed by atoms with van der Waals surface area (Å²) < 4.78 is 8.84. The zero-order chi connectivity index (χ0) is 28.4. The minimum Gasteiger partial charge on any atom is -0.454 e. The van der Waals surface area contributed by atoms with Crippen molar-refractivity contribution in [2.45, 2.75) is 22.8 Å². The van der Waals surface area contributed by atoms with Gasteiger partial charge in [0, 0.05) is 30.9 Å². The summed E-state index contributed by atoms with van der Waals surface area (Å²) >= 11 is 19.8. The average Bonchev–Trinajstić information content (AvgIpc) is 2.96. The highest BCUT2D eigenvalue weighted by Crippen LogP contribution is 2.32. The molecule has 2 aromatic carbocycles. The largest absolute Gasteiger partial charge is 0.454 e. The Bertz CT molecular complexity index is 1360. The van der Waals surface area contributed by atoms with E-state index in [4.69, 9.17) is 44.3 Å². The molecule has 4 rings (SSSR count). The molecule has 1 unspecified atom stereocenters. The van der Waals surface area contributed by atoms with E-state index in [1.165, 1.54) is 6.08 Å². The van der Waals surface area contributed by atoms with Gasteiger partial charge in [-0.3, -0.25) is 14.6 Å². The van der Waals surface area contributed by atoms with Crippen LogP contribution in [0.5, 0.6) is 0 Å². The average molecular weight is 703 g/mol. The van der Waals surface area contributed by atoms with Crippen molar-refractivity contribution in [2.24, 2.45) is 10.9 Å². The van der Waals surface area contributed by atoms with Crippen LogP contribution in [-0.4, -0.2) is 51.1 Å². The second-order valence-electron chi connectivity index (χ2n) is 8.75. The predicted octanol–water partition coefficient (Wildman–Crippen LogP) is 6.77. The van der Waals surface area contributed by atoms with Crippen molar-refractivity contribution in [3.05, 3.63) is 78.5 Å². The highest BCUT2D eigenvalue weighted by atomic mass is 79.9. The number of carbonyl (C=O) groups excluding carboxylic acids is 2. The topological polar surface area (TPSA) is 102 Å². The van der Waals surface area contributed by atoms with Crippen LogP contribution in [-0.2, 0) is 19.1 Å². The molecular formula is C28H28BrCl3N4O4S. The summed E-state index contributed by atoms with van der Waals surface area (Å²) in [7, 11) is 0. The second-order valence-corrected chi connectivity index (χ2v) is 12.0. The fourth-order valence-electron chi connectivity index (χ4n) is 3.84. The molecule has 13 heteroatoms. The van der Waals surface area contributed by atoms with Crippen molar-refractivity contribution in [1.82, 2.24) is 10.3 Å². The summed E-state index contributed by atoms with van der Waals surface area (Å²) in [6.45, 7) is 1.05. The van der Waals surface area contributed by atoms with Crippen LogP contribution in [0.3, 0.4) is 0 Å². The first kappa shape index (κ1) is 33.2. The van der Waals surface area contributed by atoms with E-state index in [0.29, 0.717) is 37.3 Å². The maximum atomic E-state index is 12.7. The molecule has 8 nitrogen and oxygen atoms in total. The van der Waals surface area contributed by atoms with E-state index < -0.39 is 15.9 Å². The van der Waals surface area contributed by atoms with E-state index in [1.807, 2.05) is 60.7 Å². The van der Waals surface area contributed by atoms with Gasteiger partial charge in [-0.2, -0.15) is 0 Å². The molecule has 0 saturated carbocycles. The number of thioether (sulfide) groups is 1. The van der Waals surface area contributed by atoms with Crippen LogP contribution in [0.15, 0.2) is 77.9 Å². The van der Waals surface area contributed by atoms with Crippen molar-refractivity contribution >= 4 is 103 Å². The normalized spacial score (nSPS) is 15.2. The number of aliphatic imine (C=N–C) groups is 1. The summed E-state index contributed by atoms with van der Waals surface area (Å²) in [6.07, 6.45) is 4.61. The van der Waals surface area contributed by atoms with Gasteiger partial charge in [0.15, 0.2) is 11.3 Å². The number of hydrogen-bond acceptors (Lipinski definition) is 7. The lowest BCUT2D eigenvalue weighted by Gasteiger charge is -2.23. The van der Waals surface area contributed by atoms with Gasteiger partial charge in [-0.05, 0) is 48.4 Å². The zero-order valence-electron chi connectivity index (χ0n) is 21.7. The van der Waals surface area contributed by atoms with E-state index in [1.54, 1.807) is 12.3 Å². The third kappa shape index (κ3) is 10.5. The standard InChI is InChI=1S/C28H27Cl3N4O4S.BrH/c29-28(30,31)26(34-23(36)12-11-19-6-2-1-3-7-19)35-27(40-18-39-25(37)21-13-16-38-17-14-21)33-22-10-4-8-20-9-5-15-32-24(20)22;/h1-12,15,21,26H,13-14,16-18H2,(H,33,35)(H,34,36);1H/b12-11+;. The van der Waals surface area contributed by atoms with Gasteiger partial charge < -0.3 is 20.1 Å². The number of aromatic nitrogens is 1. The Morgan fingerprint density at radius 1 is 1.10 bits per heavy atom. The van der Waals surface area contributed by atoms with E-state index >= 15 is 0 Å². The summed E-state index contributed by atoms with van der Waals surface area (Å²) in [5.41, 5.74) is 2.16. The van der Waals surface area contributed by atoms with Crippen molar-refractivity contribution in [2.75, 3.05) is 24.5 Å². The molecule has 0 aliphatic carbocycles. The maximum Gasteiger partial charge on any atom is 0.309 e. The van der Waals surface area contributed by atoms with Crippen LogP contribution >= 0.6 is 63.5 Å². The van der Waals surface area contributed by atoms with Crippen molar-refractivity contribution in [3.8, 4) is 0 Å². The van der Waals surface area contributed by atoms with Crippen LogP contribution in [0.1, 0.15) is 18.4 Å². The third-order valence-corrected chi connectivity index (χ3v) is 7.22. The number of nitrogens with one attached hydrogen (secondary N) is 2. The number of amides is 1. The molecule has 1 aliphatic rings. The van der Waals surface area contributed by atoms with E-state index in [0.717, 1.165) is 22.7 Å². The van der Waals surface area contributed by atoms with Crippen molar-refractivity contribution in [1.29, 1.82) is 0 Å². The van der Waals surface area contributed by atoms with Gasteiger partial charge >= 0.3 is 5.97 Å². The first-order valence-corrected chi connectivity index (χ1v) is 14.6. The number of nitrogens with zero attached hydrogens (tertiary/aromatic N) is 2. The van der Waals surface area contributed by atoms with Crippen LogP contribution in [0, 0.1) is 5.92 Å². The fourth-order valence-corrected chi connectivity index (χ4v) is 4.80. The summed E-state index contributed by atoms with van der Waals surface area (Å²) in [6, 6.07) is 18.7. The van der Waals surface area contributed by atoms with E-state index in [-0.39, 0.29) is 40.0 Å². The Balaban J connectivity index is 0.00000462. The number of halogens is 4. The molecule has 1 fully saturated rings. The lowest BCUT2D eigenvalue weighted by atomic mass is 10.0. The molecule has 1 amide bonds. The first-order valence-electron chi connectivity index (χ1n) is 12.5. The molecule has 41 heavy (non-hydrogen) atoms. The molecule has 0 spiro atoms. The van der Waals surface area contributed by atoms with Gasteiger partial charge in [0.1, 0.15) is 5.94 Å². The number of pyridine rings is 1. The fraction of sp³-hybridized carbons (Fsp3) is 0.286. The summed E-state index contributed by atoms with van der Waals surface area (Å²) in [5, 5.41) is 6.99.